The van der Waals surface area contributed by atoms with Gasteiger partial charge in [-0.05, 0) is 48.9 Å². The molecule has 0 bridgehead atoms. The fourth-order valence-electron chi connectivity index (χ4n) is 4.76. The minimum atomic E-state index is -0.639. The molecule has 2 aromatic rings. The summed E-state index contributed by atoms with van der Waals surface area (Å²) in [7, 11) is 0. The standard InChI is InChI=1S/C31H47NOS.CH3NOS/c1-3-5-7-9-11-13-15-21-27-23-17-19-25-29(27)32(31(33)34)30-26-20-18-24-28(30)22-16-14-12-10-8-6-4-2;2-1(3)4/h17-20,23-26H,3-16,21-22H2,1-2H3,(H,33,34);(H3,2,3,4). The second kappa shape index (κ2) is 22.0. The summed E-state index contributed by atoms with van der Waals surface area (Å²) in [6, 6.07) is 16.8. The summed E-state index contributed by atoms with van der Waals surface area (Å²) >= 11 is 7.42. The Morgan fingerprint density at radius 3 is 1.26 bits per heavy atom. The first kappa shape index (κ1) is 34.1. The van der Waals surface area contributed by atoms with Crippen molar-refractivity contribution in [3.05, 3.63) is 59.7 Å². The van der Waals surface area contributed by atoms with Crippen LogP contribution in [0.2, 0.25) is 0 Å². The topological polar surface area (TPSA) is 63.4 Å². The van der Waals surface area contributed by atoms with Crippen molar-refractivity contribution in [2.24, 2.45) is 5.73 Å². The molecule has 2 rings (SSSR count). The highest BCUT2D eigenvalue weighted by Gasteiger charge is 2.20. The smallest absolute Gasteiger partial charge is 0.287 e. The van der Waals surface area contributed by atoms with Crippen LogP contribution in [0.15, 0.2) is 48.5 Å². The van der Waals surface area contributed by atoms with Gasteiger partial charge in [-0.1, -0.05) is 153 Å². The number of hydrogen-bond acceptors (Lipinski definition) is 2. The number of anilines is 2. The second-order valence-corrected chi connectivity index (χ2v) is 10.8. The van der Waals surface area contributed by atoms with Crippen molar-refractivity contribution >= 4 is 47.1 Å². The van der Waals surface area contributed by atoms with Crippen LogP contribution in [0.1, 0.15) is 115 Å². The van der Waals surface area contributed by atoms with Crippen molar-refractivity contribution in [1.29, 1.82) is 0 Å². The van der Waals surface area contributed by atoms with Crippen molar-refractivity contribution in [3.63, 3.8) is 0 Å². The Bertz CT molecular complexity index is 854. The maximum Gasteiger partial charge on any atom is 0.287 e. The Balaban J connectivity index is 0.00000168. The van der Waals surface area contributed by atoms with Crippen LogP contribution in [-0.2, 0) is 12.8 Å². The SMILES string of the molecule is CCCCCCCCCc1ccccc1N(C(=O)S)c1ccccc1CCCCCCCCC.NC(=O)S. The Kier molecular flexibility index (Phi) is 19.7. The van der Waals surface area contributed by atoms with Gasteiger partial charge in [0.25, 0.3) is 10.5 Å². The summed E-state index contributed by atoms with van der Waals surface area (Å²) < 4.78 is 0. The van der Waals surface area contributed by atoms with Gasteiger partial charge in [0.15, 0.2) is 0 Å². The molecular formula is C32H50N2O2S2. The average molecular weight is 559 g/mol. The highest BCUT2D eigenvalue weighted by Crippen LogP contribution is 2.34. The highest BCUT2D eigenvalue weighted by molar-refractivity contribution is 7.97. The molecule has 0 saturated carbocycles. The number of amides is 2. The van der Waals surface area contributed by atoms with Crippen LogP contribution in [-0.4, -0.2) is 10.5 Å². The molecular weight excluding hydrogens is 508 g/mol. The van der Waals surface area contributed by atoms with E-state index in [2.05, 4.69) is 81.2 Å². The lowest BCUT2D eigenvalue weighted by atomic mass is 10.0. The molecule has 2 amide bonds. The number of nitrogens with two attached hydrogens (primary N) is 1. The number of primary amides is 1. The fourth-order valence-corrected chi connectivity index (χ4v) is 4.98. The molecule has 0 aliphatic rings. The van der Waals surface area contributed by atoms with Crippen molar-refractivity contribution in [2.75, 3.05) is 4.90 Å². The monoisotopic (exact) mass is 558 g/mol. The summed E-state index contributed by atoms with van der Waals surface area (Å²) in [6.45, 7) is 4.52. The molecule has 0 aromatic heterocycles. The zero-order chi connectivity index (χ0) is 28.0. The van der Waals surface area contributed by atoms with E-state index in [9.17, 15) is 4.79 Å². The fraction of sp³-hybridized carbons (Fsp3) is 0.562. The molecule has 0 fully saturated rings. The number of rotatable bonds is 18. The molecule has 4 nitrogen and oxygen atoms in total. The molecule has 0 unspecified atom stereocenters. The summed E-state index contributed by atoms with van der Waals surface area (Å²) in [5.74, 6) is 0. The number of carbonyl (C=O) groups excluding carboxylic acids is 2. The van der Waals surface area contributed by atoms with Gasteiger partial charge in [0.1, 0.15) is 0 Å². The lowest BCUT2D eigenvalue weighted by Crippen LogP contribution is -2.22. The van der Waals surface area contributed by atoms with Gasteiger partial charge in [-0.3, -0.25) is 14.5 Å². The number of nitrogens with zero attached hydrogens (tertiary/aromatic N) is 1. The summed E-state index contributed by atoms with van der Waals surface area (Å²) in [4.78, 5) is 23.7. The van der Waals surface area contributed by atoms with Crippen LogP contribution in [0, 0.1) is 0 Å². The van der Waals surface area contributed by atoms with E-state index in [0.717, 1.165) is 37.1 Å². The Morgan fingerprint density at radius 1 is 0.605 bits per heavy atom. The van der Waals surface area contributed by atoms with Gasteiger partial charge in [0, 0.05) is 0 Å². The zero-order valence-corrected chi connectivity index (χ0v) is 25.5. The van der Waals surface area contributed by atoms with Crippen molar-refractivity contribution in [1.82, 2.24) is 0 Å². The quantitative estimate of drug-likeness (QED) is 0.126. The van der Waals surface area contributed by atoms with Crippen LogP contribution >= 0.6 is 25.3 Å². The Labute approximate surface area is 243 Å². The normalized spacial score (nSPS) is 10.5. The third-order valence-corrected chi connectivity index (χ3v) is 6.96. The van der Waals surface area contributed by atoms with Crippen LogP contribution in [0.4, 0.5) is 21.0 Å². The average Bonchev–Trinajstić information content (AvgIpc) is 2.89. The first-order valence-electron chi connectivity index (χ1n) is 14.6. The Morgan fingerprint density at radius 2 is 0.921 bits per heavy atom. The van der Waals surface area contributed by atoms with Gasteiger partial charge in [-0.25, -0.2) is 0 Å². The maximum atomic E-state index is 12.8. The van der Waals surface area contributed by atoms with E-state index in [-0.39, 0.29) is 5.24 Å². The lowest BCUT2D eigenvalue weighted by molar-refractivity contribution is 0.266. The molecule has 0 atom stereocenters. The zero-order valence-electron chi connectivity index (χ0n) is 23.7. The highest BCUT2D eigenvalue weighted by atomic mass is 32.1. The lowest BCUT2D eigenvalue weighted by Gasteiger charge is -2.26. The van der Waals surface area contributed by atoms with Crippen molar-refractivity contribution < 1.29 is 9.59 Å². The van der Waals surface area contributed by atoms with Crippen molar-refractivity contribution in [3.8, 4) is 0 Å². The van der Waals surface area contributed by atoms with Gasteiger partial charge < -0.3 is 5.73 Å². The maximum absolute atomic E-state index is 12.8. The van der Waals surface area contributed by atoms with Gasteiger partial charge >= 0.3 is 0 Å². The molecule has 0 saturated heterocycles. The molecule has 0 aliphatic heterocycles. The summed E-state index contributed by atoms with van der Waals surface area (Å²) in [5.41, 5.74) is 8.79. The Hall–Kier alpha value is -1.92. The molecule has 0 radical (unpaired) electrons. The number of carbonyl (C=O) groups is 2. The predicted molar refractivity (Wildman–Crippen MR) is 171 cm³/mol. The van der Waals surface area contributed by atoms with E-state index < -0.39 is 5.24 Å². The third-order valence-electron chi connectivity index (χ3n) is 6.76. The van der Waals surface area contributed by atoms with Gasteiger partial charge in [-0.2, -0.15) is 0 Å². The van der Waals surface area contributed by atoms with Gasteiger partial charge in [0.05, 0.1) is 11.4 Å². The molecule has 6 heteroatoms. The number of hydrogen-bond donors (Lipinski definition) is 3. The van der Waals surface area contributed by atoms with E-state index in [4.69, 9.17) is 4.79 Å². The van der Waals surface area contributed by atoms with E-state index >= 15 is 0 Å². The number of unbranched alkanes of at least 4 members (excludes halogenated alkanes) is 12. The van der Waals surface area contributed by atoms with Crippen LogP contribution in [0.25, 0.3) is 0 Å². The molecule has 0 aliphatic carbocycles. The number of aryl methyl sites for hydroxylation is 2. The minimum Gasteiger partial charge on any atom is -0.361 e. The molecule has 2 aromatic carbocycles. The van der Waals surface area contributed by atoms with Crippen LogP contribution in [0.3, 0.4) is 0 Å². The number of para-hydroxylation sites is 2. The van der Waals surface area contributed by atoms with Crippen LogP contribution < -0.4 is 10.6 Å². The van der Waals surface area contributed by atoms with Gasteiger partial charge in [0.2, 0.25) is 0 Å². The number of thiol groups is 2. The molecule has 2 N–H and O–H groups in total. The molecule has 0 spiro atoms. The van der Waals surface area contributed by atoms with Crippen molar-refractivity contribution in [2.45, 2.75) is 117 Å². The molecule has 38 heavy (non-hydrogen) atoms. The van der Waals surface area contributed by atoms with Gasteiger partial charge in [-0.15, -0.1) is 0 Å². The molecule has 0 heterocycles. The van der Waals surface area contributed by atoms with E-state index in [0.29, 0.717) is 0 Å². The van der Waals surface area contributed by atoms with Crippen LogP contribution in [0.5, 0.6) is 0 Å². The minimum absolute atomic E-state index is 0.209. The summed E-state index contributed by atoms with van der Waals surface area (Å²) in [5, 5.41) is -0.848. The summed E-state index contributed by atoms with van der Waals surface area (Å²) in [6.07, 6.45) is 20.1. The number of benzene rings is 2. The largest absolute Gasteiger partial charge is 0.361 e. The van der Waals surface area contributed by atoms with E-state index in [1.165, 1.54) is 88.2 Å². The first-order chi connectivity index (χ1) is 18.4. The predicted octanol–water partition coefficient (Wildman–Crippen LogP) is 10.5. The van der Waals surface area contributed by atoms with E-state index in [1.807, 2.05) is 17.0 Å². The molecule has 212 valence electrons. The first-order valence-corrected chi connectivity index (χ1v) is 15.5. The third kappa shape index (κ3) is 14.9. The second-order valence-electron chi connectivity index (χ2n) is 9.96. The van der Waals surface area contributed by atoms with E-state index in [1.54, 1.807) is 0 Å².